The number of aromatic carboxylic acids is 1. The van der Waals surface area contributed by atoms with Crippen LogP contribution < -0.4 is 5.32 Å². The molecule has 0 saturated heterocycles. The van der Waals surface area contributed by atoms with Crippen LogP contribution >= 0.6 is 0 Å². The fourth-order valence-electron chi connectivity index (χ4n) is 2.36. The van der Waals surface area contributed by atoms with Crippen LogP contribution in [0.1, 0.15) is 47.5 Å². The lowest BCUT2D eigenvalue weighted by Crippen LogP contribution is -2.29. The van der Waals surface area contributed by atoms with E-state index in [0.29, 0.717) is 18.8 Å². The van der Waals surface area contributed by atoms with Gasteiger partial charge in [-0.3, -0.25) is 0 Å². The third-order valence-electron chi connectivity index (χ3n) is 3.27. The van der Waals surface area contributed by atoms with Crippen molar-refractivity contribution in [3.63, 3.8) is 0 Å². The summed E-state index contributed by atoms with van der Waals surface area (Å²) in [5.74, 6) is -0.362. The molecule has 1 aliphatic rings. The van der Waals surface area contributed by atoms with E-state index in [0.717, 1.165) is 17.8 Å². The minimum atomic E-state index is -1.000. The maximum absolute atomic E-state index is 11.4. The van der Waals surface area contributed by atoms with Crippen LogP contribution in [0.2, 0.25) is 0 Å². The quantitative estimate of drug-likeness (QED) is 0.850. The summed E-state index contributed by atoms with van der Waals surface area (Å²) in [6.45, 7) is 5.33. The van der Waals surface area contributed by atoms with E-state index >= 15 is 0 Å². The third kappa shape index (κ3) is 2.74. The monoisotopic (exact) mass is 265 g/mol. The zero-order valence-electron chi connectivity index (χ0n) is 11.4. The highest BCUT2D eigenvalue weighted by Crippen LogP contribution is 2.25. The van der Waals surface area contributed by atoms with Crippen molar-refractivity contribution in [3.8, 4) is 0 Å². The van der Waals surface area contributed by atoms with Crippen molar-refractivity contribution in [2.45, 2.75) is 32.9 Å². The molecule has 0 bridgehead atoms. The number of rotatable bonds is 4. The molecule has 1 aromatic heterocycles. The summed E-state index contributed by atoms with van der Waals surface area (Å²) in [7, 11) is 1.59. The largest absolute Gasteiger partial charge is 0.477 e. The summed E-state index contributed by atoms with van der Waals surface area (Å²) in [4.78, 5) is 20.1. The SMILES string of the molecule is COC(c1nc2c(c(C(=O)O)n1)CCNC2)C(C)C. The van der Waals surface area contributed by atoms with Crippen LogP contribution in [0.4, 0.5) is 0 Å². The molecule has 6 nitrogen and oxygen atoms in total. The van der Waals surface area contributed by atoms with Gasteiger partial charge in [-0.05, 0) is 18.9 Å². The Morgan fingerprint density at radius 3 is 2.74 bits per heavy atom. The van der Waals surface area contributed by atoms with Gasteiger partial charge in [-0.15, -0.1) is 0 Å². The van der Waals surface area contributed by atoms with Gasteiger partial charge in [0.1, 0.15) is 6.10 Å². The Morgan fingerprint density at radius 2 is 2.16 bits per heavy atom. The smallest absolute Gasteiger partial charge is 0.354 e. The van der Waals surface area contributed by atoms with Gasteiger partial charge in [-0.2, -0.15) is 0 Å². The first kappa shape index (κ1) is 13.9. The number of methoxy groups -OCH3 is 1. The van der Waals surface area contributed by atoms with Crippen molar-refractivity contribution in [3.05, 3.63) is 22.8 Å². The minimum absolute atomic E-state index is 0.115. The summed E-state index contributed by atoms with van der Waals surface area (Å²) in [5, 5.41) is 12.5. The molecule has 1 aromatic rings. The van der Waals surface area contributed by atoms with Crippen LogP contribution in [0.3, 0.4) is 0 Å². The molecule has 2 N–H and O–H groups in total. The second-order valence-corrected chi connectivity index (χ2v) is 4.99. The first-order chi connectivity index (χ1) is 9.04. The Hall–Kier alpha value is -1.53. The molecule has 19 heavy (non-hydrogen) atoms. The van der Waals surface area contributed by atoms with Crippen molar-refractivity contribution in [2.75, 3.05) is 13.7 Å². The van der Waals surface area contributed by atoms with Crippen LogP contribution in [-0.4, -0.2) is 34.7 Å². The molecule has 1 unspecified atom stereocenters. The maximum Gasteiger partial charge on any atom is 0.354 e. The van der Waals surface area contributed by atoms with Gasteiger partial charge in [0.2, 0.25) is 0 Å². The van der Waals surface area contributed by atoms with Gasteiger partial charge in [0.05, 0.1) is 5.69 Å². The Bertz CT molecular complexity index is 488. The van der Waals surface area contributed by atoms with Crippen molar-refractivity contribution in [1.82, 2.24) is 15.3 Å². The molecule has 0 radical (unpaired) electrons. The second kappa shape index (κ2) is 5.63. The number of carboxylic acid groups (broad SMARTS) is 1. The zero-order valence-corrected chi connectivity index (χ0v) is 11.4. The molecule has 0 amide bonds. The minimum Gasteiger partial charge on any atom is -0.477 e. The molecule has 0 saturated carbocycles. The third-order valence-corrected chi connectivity index (χ3v) is 3.27. The fraction of sp³-hybridized carbons (Fsp3) is 0.615. The van der Waals surface area contributed by atoms with E-state index < -0.39 is 5.97 Å². The van der Waals surface area contributed by atoms with Crippen LogP contribution in [0, 0.1) is 5.92 Å². The van der Waals surface area contributed by atoms with E-state index in [1.165, 1.54) is 0 Å². The van der Waals surface area contributed by atoms with Crippen molar-refractivity contribution >= 4 is 5.97 Å². The van der Waals surface area contributed by atoms with Crippen LogP contribution in [0.25, 0.3) is 0 Å². The maximum atomic E-state index is 11.4. The highest BCUT2D eigenvalue weighted by molar-refractivity contribution is 5.87. The first-order valence-corrected chi connectivity index (χ1v) is 6.41. The van der Waals surface area contributed by atoms with Gasteiger partial charge >= 0.3 is 5.97 Å². The predicted molar refractivity (Wildman–Crippen MR) is 69.0 cm³/mol. The van der Waals surface area contributed by atoms with Gasteiger partial charge in [-0.25, -0.2) is 14.8 Å². The molecule has 104 valence electrons. The molecule has 0 fully saturated rings. The number of nitrogens with one attached hydrogen (secondary N) is 1. The van der Waals surface area contributed by atoms with Gasteiger partial charge in [-0.1, -0.05) is 13.8 Å². The van der Waals surface area contributed by atoms with Crippen LogP contribution in [0.5, 0.6) is 0 Å². The van der Waals surface area contributed by atoms with E-state index in [1.54, 1.807) is 7.11 Å². The number of carbonyl (C=O) groups is 1. The molecule has 0 spiro atoms. The van der Waals surface area contributed by atoms with Crippen molar-refractivity contribution in [2.24, 2.45) is 5.92 Å². The number of carboxylic acids is 1. The zero-order chi connectivity index (χ0) is 14.0. The standard InChI is InChI=1S/C13H19N3O3/c1-7(2)11(19-3)12-15-9-6-14-5-4-8(9)10(16-12)13(17)18/h7,11,14H,4-6H2,1-3H3,(H,17,18). The number of nitrogens with zero attached hydrogens (tertiary/aromatic N) is 2. The van der Waals surface area contributed by atoms with E-state index in [9.17, 15) is 9.90 Å². The van der Waals surface area contributed by atoms with E-state index in [-0.39, 0.29) is 17.7 Å². The number of aromatic nitrogens is 2. The van der Waals surface area contributed by atoms with E-state index in [2.05, 4.69) is 15.3 Å². The number of hydrogen-bond donors (Lipinski definition) is 2. The van der Waals surface area contributed by atoms with Gasteiger partial charge in [0.25, 0.3) is 0 Å². The fourth-order valence-corrected chi connectivity index (χ4v) is 2.36. The molecule has 6 heteroatoms. The summed E-state index contributed by atoms with van der Waals surface area (Å²) in [6.07, 6.45) is 0.363. The highest BCUT2D eigenvalue weighted by atomic mass is 16.5. The summed E-state index contributed by atoms with van der Waals surface area (Å²) in [6, 6.07) is 0. The molecule has 1 atom stereocenters. The Balaban J connectivity index is 2.52. The topological polar surface area (TPSA) is 84.3 Å². The Labute approximate surface area is 112 Å². The van der Waals surface area contributed by atoms with Crippen LogP contribution in [-0.2, 0) is 17.7 Å². The first-order valence-electron chi connectivity index (χ1n) is 6.41. The normalized spacial score (nSPS) is 16.2. The lowest BCUT2D eigenvalue weighted by atomic mass is 10.0. The summed E-state index contributed by atoms with van der Waals surface area (Å²) in [5.41, 5.74) is 1.63. The molecular weight excluding hydrogens is 246 g/mol. The number of fused-ring (bicyclic) bond motifs is 1. The molecule has 2 heterocycles. The van der Waals surface area contributed by atoms with Gasteiger partial charge < -0.3 is 15.2 Å². The van der Waals surface area contributed by atoms with E-state index in [1.807, 2.05) is 13.8 Å². The lowest BCUT2D eigenvalue weighted by molar-refractivity contribution is 0.0558. The Kier molecular flexibility index (Phi) is 4.11. The lowest BCUT2D eigenvalue weighted by Gasteiger charge is -2.22. The van der Waals surface area contributed by atoms with Crippen LogP contribution in [0.15, 0.2) is 0 Å². The average Bonchev–Trinajstić information content (AvgIpc) is 2.38. The molecule has 0 aromatic carbocycles. The van der Waals surface area contributed by atoms with E-state index in [4.69, 9.17) is 4.74 Å². The van der Waals surface area contributed by atoms with Crippen molar-refractivity contribution < 1.29 is 14.6 Å². The predicted octanol–water partition coefficient (Wildman–Crippen LogP) is 1.16. The average molecular weight is 265 g/mol. The van der Waals surface area contributed by atoms with Crippen molar-refractivity contribution in [1.29, 1.82) is 0 Å². The summed E-state index contributed by atoms with van der Waals surface area (Å²) < 4.78 is 5.39. The Morgan fingerprint density at radius 1 is 1.42 bits per heavy atom. The summed E-state index contributed by atoms with van der Waals surface area (Å²) >= 11 is 0. The highest BCUT2D eigenvalue weighted by Gasteiger charge is 2.26. The molecule has 2 rings (SSSR count). The number of ether oxygens (including phenoxy) is 1. The van der Waals surface area contributed by atoms with Gasteiger partial charge in [0.15, 0.2) is 11.5 Å². The molecule has 1 aliphatic heterocycles. The molecule has 0 aliphatic carbocycles. The number of hydrogen-bond acceptors (Lipinski definition) is 5. The molecular formula is C13H19N3O3. The second-order valence-electron chi connectivity index (χ2n) is 4.99. The van der Waals surface area contributed by atoms with Gasteiger partial charge in [0, 0.05) is 19.2 Å².